The lowest BCUT2D eigenvalue weighted by molar-refractivity contribution is -0.124. The Morgan fingerprint density at radius 1 is 1.58 bits per heavy atom. The number of nitrogens with zero attached hydrogens (tertiary/aromatic N) is 3. The molecule has 1 aromatic heterocycles. The number of rotatable bonds is 6. The number of hydrogen-bond acceptors (Lipinski definition) is 6. The molecule has 1 saturated heterocycles. The number of aryl methyl sites for hydroxylation is 1. The number of carbonyl (C=O) groups excluding carboxylic acids is 1. The molecule has 0 radical (unpaired) electrons. The van der Waals surface area contributed by atoms with E-state index in [1.165, 1.54) is 0 Å². The van der Waals surface area contributed by atoms with Gasteiger partial charge in [-0.25, -0.2) is 4.63 Å². The molecule has 106 valence electrons. The van der Waals surface area contributed by atoms with Gasteiger partial charge in [-0.15, -0.1) is 0 Å². The number of likely N-dealkylation sites (tertiary alicyclic amines) is 1. The highest BCUT2D eigenvalue weighted by molar-refractivity contribution is 5.79. The van der Waals surface area contributed by atoms with Gasteiger partial charge in [-0.1, -0.05) is 10.3 Å². The maximum absolute atomic E-state index is 12.0. The quantitative estimate of drug-likeness (QED) is 0.780. The summed E-state index contributed by atoms with van der Waals surface area (Å²) in [7, 11) is 1.69. The molecule has 0 aromatic carbocycles. The van der Waals surface area contributed by atoms with Crippen molar-refractivity contribution in [3.05, 3.63) is 11.4 Å². The molecule has 1 aliphatic heterocycles. The third-order valence-electron chi connectivity index (χ3n) is 3.43. The number of methoxy groups -OCH3 is 1. The van der Waals surface area contributed by atoms with Gasteiger partial charge < -0.3 is 15.0 Å². The van der Waals surface area contributed by atoms with E-state index in [2.05, 4.69) is 25.2 Å². The van der Waals surface area contributed by atoms with Gasteiger partial charge in [0.25, 0.3) is 0 Å². The van der Waals surface area contributed by atoms with Crippen molar-refractivity contribution in [2.75, 3.05) is 33.4 Å². The van der Waals surface area contributed by atoms with Crippen LogP contribution in [-0.4, -0.2) is 54.5 Å². The smallest absolute Gasteiger partial charge is 0.224 e. The second-order valence-electron chi connectivity index (χ2n) is 4.79. The molecule has 7 nitrogen and oxygen atoms in total. The first kappa shape index (κ1) is 14.0. The minimum absolute atomic E-state index is 0.0528. The summed E-state index contributed by atoms with van der Waals surface area (Å²) >= 11 is 0. The Bertz CT molecular complexity index is 421. The molecule has 1 aliphatic rings. The molecular weight excluding hydrogens is 248 g/mol. The Labute approximate surface area is 112 Å². The molecule has 19 heavy (non-hydrogen) atoms. The van der Waals surface area contributed by atoms with Crippen LogP contribution in [0.4, 0.5) is 0 Å². The molecule has 0 saturated carbocycles. The van der Waals surface area contributed by atoms with Crippen LogP contribution in [0, 0.1) is 12.8 Å². The number of carbonyl (C=O) groups is 1. The highest BCUT2D eigenvalue weighted by atomic mass is 16.6. The number of ether oxygens (including phenoxy) is 1. The average Bonchev–Trinajstić information content (AvgIpc) is 3.03. The van der Waals surface area contributed by atoms with E-state index in [1.807, 2.05) is 0 Å². The average molecular weight is 268 g/mol. The maximum atomic E-state index is 12.0. The van der Waals surface area contributed by atoms with Crippen LogP contribution in [0.1, 0.15) is 17.8 Å². The molecule has 1 aromatic rings. The van der Waals surface area contributed by atoms with Gasteiger partial charge >= 0.3 is 0 Å². The molecule has 2 heterocycles. The summed E-state index contributed by atoms with van der Waals surface area (Å²) in [6.07, 6.45) is 0.894. The largest absolute Gasteiger partial charge is 0.383 e. The van der Waals surface area contributed by atoms with Gasteiger partial charge in [-0.2, -0.15) is 0 Å². The standard InChI is InChI=1S/C12H20N4O3/c1-9-11(15-19-14-9)7-13-12(17)10-3-4-16(8-10)5-6-18-2/h10H,3-8H2,1-2H3,(H,13,17). The summed E-state index contributed by atoms with van der Waals surface area (Å²) in [4.78, 5) is 14.3. The fourth-order valence-electron chi connectivity index (χ4n) is 2.20. The predicted octanol–water partition coefficient (Wildman–Crippen LogP) is -0.0375. The van der Waals surface area contributed by atoms with Crippen LogP contribution < -0.4 is 5.32 Å². The minimum atomic E-state index is 0.0528. The van der Waals surface area contributed by atoms with Crippen molar-refractivity contribution in [2.45, 2.75) is 19.9 Å². The summed E-state index contributed by atoms with van der Waals surface area (Å²) in [6.45, 7) is 5.52. The van der Waals surface area contributed by atoms with Crippen LogP contribution in [0.15, 0.2) is 4.63 Å². The van der Waals surface area contributed by atoms with Crippen molar-refractivity contribution in [3.63, 3.8) is 0 Å². The molecule has 1 N–H and O–H groups in total. The monoisotopic (exact) mass is 268 g/mol. The topological polar surface area (TPSA) is 80.5 Å². The summed E-state index contributed by atoms with van der Waals surface area (Å²) in [5, 5.41) is 10.3. The van der Waals surface area contributed by atoms with Gasteiger partial charge in [0.1, 0.15) is 11.4 Å². The van der Waals surface area contributed by atoms with E-state index in [9.17, 15) is 4.79 Å². The van der Waals surface area contributed by atoms with Gasteiger partial charge in [-0.05, 0) is 19.9 Å². The Kier molecular flexibility index (Phi) is 4.86. The summed E-state index contributed by atoms with van der Waals surface area (Å²) in [5.74, 6) is 0.124. The summed E-state index contributed by atoms with van der Waals surface area (Å²) in [5.41, 5.74) is 1.40. The van der Waals surface area contributed by atoms with Gasteiger partial charge in [0, 0.05) is 20.2 Å². The Hall–Kier alpha value is -1.47. The van der Waals surface area contributed by atoms with E-state index >= 15 is 0 Å². The molecule has 1 amide bonds. The zero-order valence-corrected chi connectivity index (χ0v) is 11.4. The normalized spacial score (nSPS) is 19.8. The second-order valence-corrected chi connectivity index (χ2v) is 4.79. The van der Waals surface area contributed by atoms with Crippen molar-refractivity contribution >= 4 is 5.91 Å². The Morgan fingerprint density at radius 3 is 3.11 bits per heavy atom. The SMILES string of the molecule is COCCN1CCC(C(=O)NCc2nonc2C)C1. The van der Waals surface area contributed by atoms with Crippen molar-refractivity contribution in [3.8, 4) is 0 Å². The van der Waals surface area contributed by atoms with Gasteiger partial charge in [0.15, 0.2) is 0 Å². The molecule has 2 rings (SSSR count). The van der Waals surface area contributed by atoms with E-state index in [0.29, 0.717) is 24.5 Å². The molecule has 0 bridgehead atoms. The van der Waals surface area contributed by atoms with Crippen molar-refractivity contribution < 1.29 is 14.2 Å². The first-order chi connectivity index (χ1) is 9.20. The lowest BCUT2D eigenvalue weighted by atomic mass is 10.1. The molecule has 7 heteroatoms. The predicted molar refractivity (Wildman–Crippen MR) is 67.3 cm³/mol. The number of aromatic nitrogens is 2. The third-order valence-corrected chi connectivity index (χ3v) is 3.43. The van der Waals surface area contributed by atoms with Crippen LogP contribution in [0.5, 0.6) is 0 Å². The van der Waals surface area contributed by atoms with E-state index in [4.69, 9.17) is 4.74 Å². The first-order valence-corrected chi connectivity index (χ1v) is 6.47. The maximum Gasteiger partial charge on any atom is 0.224 e. The fourth-order valence-corrected chi connectivity index (χ4v) is 2.20. The zero-order chi connectivity index (χ0) is 13.7. The highest BCUT2D eigenvalue weighted by Crippen LogP contribution is 2.16. The van der Waals surface area contributed by atoms with Gasteiger partial charge in [0.05, 0.1) is 19.1 Å². The van der Waals surface area contributed by atoms with Gasteiger partial charge in [0.2, 0.25) is 5.91 Å². The van der Waals surface area contributed by atoms with Crippen molar-refractivity contribution in [1.82, 2.24) is 20.5 Å². The summed E-state index contributed by atoms with van der Waals surface area (Å²) in [6, 6.07) is 0. The summed E-state index contributed by atoms with van der Waals surface area (Å²) < 4.78 is 9.63. The Morgan fingerprint density at radius 2 is 2.42 bits per heavy atom. The van der Waals surface area contributed by atoms with E-state index < -0.39 is 0 Å². The van der Waals surface area contributed by atoms with Crippen LogP contribution >= 0.6 is 0 Å². The first-order valence-electron chi connectivity index (χ1n) is 6.47. The highest BCUT2D eigenvalue weighted by Gasteiger charge is 2.27. The van der Waals surface area contributed by atoms with Crippen LogP contribution in [-0.2, 0) is 16.1 Å². The van der Waals surface area contributed by atoms with E-state index in [1.54, 1.807) is 14.0 Å². The van der Waals surface area contributed by atoms with E-state index in [0.717, 1.165) is 26.1 Å². The van der Waals surface area contributed by atoms with Crippen LogP contribution in [0.2, 0.25) is 0 Å². The van der Waals surface area contributed by atoms with Crippen molar-refractivity contribution in [2.24, 2.45) is 5.92 Å². The minimum Gasteiger partial charge on any atom is -0.383 e. The molecule has 1 fully saturated rings. The fraction of sp³-hybridized carbons (Fsp3) is 0.750. The van der Waals surface area contributed by atoms with Crippen molar-refractivity contribution in [1.29, 1.82) is 0 Å². The van der Waals surface area contributed by atoms with E-state index in [-0.39, 0.29) is 11.8 Å². The number of nitrogens with one attached hydrogen (secondary N) is 1. The lowest BCUT2D eigenvalue weighted by Crippen LogP contribution is -2.33. The zero-order valence-electron chi connectivity index (χ0n) is 11.4. The second kappa shape index (κ2) is 6.63. The molecule has 1 unspecified atom stereocenters. The Balaban J connectivity index is 1.74. The molecule has 0 aliphatic carbocycles. The third kappa shape index (κ3) is 3.74. The molecule has 0 spiro atoms. The van der Waals surface area contributed by atoms with Crippen LogP contribution in [0.25, 0.3) is 0 Å². The lowest BCUT2D eigenvalue weighted by Gasteiger charge is -2.14. The number of amides is 1. The van der Waals surface area contributed by atoms with Crippen LogP contribution in [0.3, 0.4) is 0 Å². The van der Waals surface area contributed by atoms with Gasteiger partial charge in [-0.3, -0.25) is 4.79 Å². The molecular formula is C12H20N4O3. The number of hydrogen-bond donors (Lipinski definition) is 1. The molecule has 1 atom stereocenters.